The van der Waals surface area contributed by atoms with Crippen molar-refractivity contribution in [1.82, 2.24) is 0 Å². The summed E-state index contributed by atoms with van der Waals surface area (Å²) >= 11 is 13.3. The number of carboxylic acids is 1. The van der Waals surface area contributed by atoms with Gasteiger partial charge in [-0.1, -0.05) is 23.2 Å². The Kier molecular flexibility index (Phi) is 5.37. The van der Waals surface area contributed by atoms with Crippen LogP contribution >= 0.6 is 35.0 Å². The van der Waals surface area contributed by atoms with Gasteiger partial charge in [-0.2, -0.15) is 0 Å². The van der Waals surface area contributed by atoms with Gasteiger partial charge in [0.25, 0.3) is 0 Å². The second kappa shape index (κ2) is 6.87. The average Bonchev–Trinajstić information content (AvgIpc) is 2.86. The molecule has 1 fully saturated rings. The maximum Gasteiger partial charge on any atom is 0.341 e. The van der Waals surface area contributed by atoms with E-state index in [1.807, 2.05) is 0 Å². The number of benzene rings is 1. The number of carboxylic acid groups (broad SMARTS) is 1. The van der Waals surface area contributed by atoms with E-state index >= 15 is 0 Å². The molecule has 1 heterocycles. The molecule has 1 aliphatic heterocycles. The molecular formula is C13H12Cl2O5S. The van der Waals surface area contributed by atoms with Gasteiger partial charge in [-0.05, 0) is 25.0 Å². The number of aliphatic carboxylic acids is 1. The topological polar surface area (TPSA) is 83.8 Å². The maximum atomic E-state index is 12.3. The molecule has 0 radical (unpaired) electrons. The molecule has 0 amide bonds. The fraction of sp³-hybridized carbons (Fsp3) is 0.385. The van der Waals surface area contributed by atoms with E-state index < -0.39 is 18.0 Å². The first-order valence-electron chi connectivity index (χ1n) is 6.10. The van der Waals surface area contributed by atoms with Crippen molar-refractivity contribution in [3.8, 4) is 5.75 Å². The monoisotopic (exact) mass is 350 g/mol. The van der Waals surface area contributed by atoms with Gasteiger partial charge >= 0.3 is 5.97 Å². The van der Waals surface area contributed by atoms with Gasteiger partial charge in [-0.25, -0.2) is 4.79 Å². The lowest BCUT2D eigenvalue weighted by Crippen LogP contribution is -2.15. The number of ketones is 1. The van der Waals surface area contributed by atoms with Gasteiger partial charge < -0.3 is 14.9 Å². The third-order valence-corrected chi connectivity index (χ3v) is 5.15. The maximum absolute atomic E-state index is 12.3. The molecule has 0 aromatic heterocycles. The normalized spacial score (nSPS) is 21.3. The van der Waals surface area contributed by atoms with Crippen LogP contribution in [0.25, 0.3) is 0 Å². The van der Waals surface area contributed by atoms with Gasteiger partial charge in [0.15, 0.2) is 12.4 Å². The first-order valence-corrected chi connectivity index (χ1v) is 7.80. The van der Waals surface area contributed by atoms with E-state index in [0.29, 0.717) is 12.8 Å². The van der Waals surface area contributed by atoms with Crippen molar-refractivity contribution in [2.45, 2.75) is 23.5 Å². The molecule has 0 aliphatic carbocycles. The first-order chi connectivity index (χ1) is 9.90. The third-order valence-electron chi connectivity index (χ3n) is 2.95. The van der Waals surface area contributed by atoms with Crippen molar-refractivity contribution >= 4 is 46.7 Å². The molecule has 2 atom stereocenters. The van der Waals surface area contributed by atoms with Gasteiger partial charge in [-0.15, -0.1) is 11.8 Å². The summed E-state index contributed by atoms with van der Waals surface area (Å²) in [6.45, 7) is -0.548. The van der Waals surface area contributed by atoms with Crippen LogP contribution in [0.5, 0.6) is 5.75 Å². The summed E-state index contributed by atoms with van der Waals surface area (Å²) in [5.41, 5.74) is -0.290. The van der Waals surface area contributed by atoms with Crippen molar-refractivity contribution in [3.05, 3.63) is 27.7 Å². The van der Waals surface area contributed by atoms with Gasteiger partial charge in [0.1, 0.15) is 10.8 Å². The van der Waals surface area contributed by atoms with E-state index in [9.17, 15) is 14.7 Å². The molecule has 8 heteroatoms. The van der Waals surface area contributed by atoms with Gasteiger partial charge in [-0.3, -0.25) is 4.79 Å². The van der Waals surface area contributed by atoms with Crippen molar-refractivity contribution in [2.24, 2.45) is 0 Å². The summed E-state index contributed by atoms with van der Waals surface area (Å²) in [6.07, 6.45) is 1.14. The van der Waals surface area contributed by atoms with Crippen LogP contribution in [-0.2, 0) is 4.79 Å². The molecule has 0 bridgehead atoms. The summed E-state index contributed by atoms with van der Waals surface area (Å²) in [7, 11) is 0. The molecular weight excluding hydrogens is 339 g/mol. The third kappa shape index (κ3) is 3.83. The zero-order valence-electron chi connectivity index (χ0n) is 10.7. The minimum atomic E-state index is -1.14. The molecule has 5 nitrogen and oxygen atoms in total. The Labute approximate surface area is 135 Å². The van der Waals surface area contributed by atoms with Crippen LogP contribution in [-0.4, -0.2) is 39.3 Å². The van der Waals surface area contributed by atoms with E-state index in [0.717, 1.165) is 0 Å². The Morgan fingerprint density at radius 3 is 2.57 bits per heavy atom. The Hall–Kier alpha value is -0.950. The highest BCUT2D eigenvalue weighted by atomic mass is 35.5. The summed E-state index contributed by atoms with van der Waals surface area (Å²) in [4.78, 5) is 22.8. The fourth-order valence-electron chi connectivity index (χ4n) is 1.96. The number of hydrogen-bond acceptors (Lipinski definition) is 5. The van der Waals surface area contributed by atoms with Crippen LogP contribution < -0.4 is 4.74 Å². The molecule has 1 aliphatic rings. The number of aliphatic hydroxyl groups excluding tert-OH is 1. The van der Waals surface area contributed by atoms with Crippen LogP contribution in [0.3, 0.4) is 0 Å². The summed E-state index contributed by atoms with van der Waals surface area (Å²) < 4.78 is 4.98. The van der Waals surface area contributed by atoms with E-state index in [1.165, 1.54) is 23.9 Å². The number of carbonyl (C=O) groups is 2. The number of carbonyl (C=O) groups excluding carboxylic acids is 1. The summed E-state index contributed by atoms with van der Waals surface area (Å²) in [5, 5.41) is 17.7. The van der Waals surface area contributed by atoms with E-state index in [-0.39, 0.29) is 32.4 Å². The van der Waals surface area contributed by atoms with E-state index in [2.05, 4.69) is 0 Å². The zero-order chi connectivity index (χ0) is 15.6. The number of halogens is 2. The smallest absolute Gasteiger partial charge is 0.341 e. The molecule has 1 aromatic carbocycles. The number of rotatable bonds is 5. The number of thioether (sulfide) groups is 1. The Morgan fingerprint density at radius 2 is 2.00 bits per heavy atom. The molecule has 1 aromatic rings. The highest BCUT2D eigenvalue weighted by molar-refractivity contribution is 8.01. The lowest BCUT2D eigenvalue weighted by Gasteiger charge is -2.13. The highest BCUT2D eigenvalue weighted by Crippen LogP contribution is 2.39. The number of ether oxygens (including phenoxy) is 1. The molecule has 114 valence electrons. The molecule has 0 spiro atoms. The van der Waals surface area contributed by atoms with E-state index in [4.69, 9.17) is 33.0 Å². The molecule has 2 rings (SSSR count). The Bertz CT molecular complexity index is 578. The van der Waals surface area contributed by atoms with Crippen molar-refractivity contribution in [3.63, 3.8) is 0 Å². The molecule has 1 saturated heterocycles. The zero-order valence-corrected chi connectivity index (χ0v) is 13.0. The van der Waals surface area contributed by atoms with Crippen LogP contribution in [0.1, 0.15) is 23.2 Å². The highest BCUT2D eigenvalue weighted by Gasteiger charge is 2.31. The SMILES string of the molecule is O=C(O)COc1ccc(C(=O)C2CCC(O)S2)c(Cl)c1Cl. The molecule has 2 unspecified atom stereocenters. The number of aliphatic hydroxyl groups is 1. The molecule has 2 N–H and O–H groups in total. The Morgan fingerprint density at radius 1 is 1.29 bits per heavy atom. The second-order valence-electron chi connectivity index (χ2n) is 4.44. The lowest BCUT2D eigenvalue weighted by atomic mass is 10.0. The largest absolute Gasteiger partial charge is 0.480 e. The van der Waals surface area contributed by atoms with Crippen LogP contribution in [0.15, 0.2) is 12.1 Å². The fourth-order valence-corrected chi connectivity index (χ4v) is 3.60. The summed E-state index contributed by atoms with van der Waals surface area (Å²) in [6, 6.07) is 2.87. The minimum absolute atomic E-state index is 0.00677. The van der Waals surface area contributed by atoms with E-state index in [1.54, 1.807) is 0 Å². The van der Waals surface area contributed by atoms with Crippen molar-refractivity contribution in [2.75, 3.05) is 6.61 Å². The molecule has 0 saturated carbocycles. The predicted octanol–water partition coefficient (Wildman–Crippen LogP) is 2.85. The minimum Gasteiger partial charge on any atom is -0.480 e. The average molecular weight is 351 g/mol. The van der Waals surface area contributed by atoms with Gasteiger partial charge in [0, 0.05) is 5.56 Å². The van der Waals surface area contributed by atoms with Crippen LogP contribution in [0.2, 0.25) is 10.0 Å². The first kappa shape index (κ1) is 16.4. The number of Topliss-reactive ketones (excluding diaryl/α,β-unsaturated/α-hetero) is 1. The predicted molar refractivity (Wildman–Crippen MR) is 80.5 cm³/mol. The van der Waals surface area contributed by atoms with Gasteiger partial charge in [0.05, 0.1) is 15.7 Å². The quantitative estimate of drug-likeness (QED) is 0.794. The van der Waals surface area contributed by atoms with Crippen LogP contribution in [0.4, 0.5) is 0 Å². The summed E-state index contributed by atoms with van der Waals surface area (Å²) in [5.74, 6) is -1.23. The van der Waals surface area contributed by atoms with Crippen molar-refractivity contribution in [1.29, 1.82) is 0 Å². The standard InChI is InChI=1S/C13H12Cl2O5S/c14-11-6(13(19)8-3-4-10(18)21-8)1-2-7(12(11)15)20-5-9(16)17/h1-2,8,10,18H,3-5H2,(H,16,17). The molecule has 21 heavy (non-hydrogen) atoms. The van der Waals surface area contributed by atoms with Crippen molar-refractivity contribution < 1.29 is 24.5 Å². The second-order valence-corrected chi connectivity index (χ2v) is 6.58. The lowest BCUT2D eigenvalue weighted by molar-refractivity contribution is -0.139. The van der Waals surface area contributed by atoms with Crippen LogP contribution in [0, 0.1) is 0 Å². The Balaban J connectivity index is 2.20. The van der Waals surface area contributed by atoms with Gasteiger partial charge in [0.2, 0.25) is 0 Å². The number of hydrogen-bond donors (Lipinski definition) is 2.